The number of aromatic nitrogens is 2. The molecule has 0 atom stereocenters. The smallest absolute Gasteiger partial charge is 0.224 e. The SMILES string of the molecule is O=C(CCc1c[nH]cn1)Nc1cccc(Oc2ccccc2)c1. The maximum Gasteiger partial charge on any atom is 0.224 e. The van der Waals surface area contributed by atoms with E-state index < -0.39 is 0 Å². The molecule has 3 rings (SSSR count). The molecule has 2 aromatic carbocycles. The van der Waals surface area contributed by atoms with Crippen LogP contribution in [-0.4, -0.2) is 15.9 Å². The van der Waals surface area contributed by atoms with Crippen LogP contribution in [-0.2, 0) is 11.2 Å². The summed E-state index contributed by atoms with van der Waals surface area (Å²) in [5, 5.41) is 2.87. The van der Waals surface area contributed by atoms with Crippen molar-refractivity contribution in [1.29, 1.82) is 0 Å². The summed E-state index contributed by atoms with van der Waals surface area (Å²) < 4.78 is 5.75. The number of carbonyl (C=O) groups excluding carboxylic acids is 1. The highest BCUT2D eigenvalue weighted by atomic mass is 16.5. The molecule has 0 aliphatic carbocycles. The fourth-order valence-electron chi connectivity index (χ4n) is 2.15. The van der Waals surface area contributed by atoms with Crippen molar-refractivity contribution in [2.45, 2.75) is 12.8 Å². The lowest BCUT2D eigenvalue weighted by molar-refractivity contribution is -0.116. The molecule has 116 valence electrons. The Morgan fingerprint density at radius 1 is 1.09 bits per heavy atom. The molecule has 0 aliphatic rings. The Kier molecular flexibility index (Phi) is 4.69. The Balaban J connectivity index is 1.57. The first-order chi connectivity index (χ1) is 11.3. The van der Waals surface area contributed by atoms with Gasteiger partial charge in [-0.25, -0.2) is 4.98 Å². The summed E-state index contributed by atoms with van der Waals surface area (Å²) in [6.07, 6.45) is 4.39. The average Bonchev–Trinajstić information content (AvgIpc) is 3.08. The van der Waals surface area contributed by atoms with E-state index in [2.05, 4.69) is 15.3 Å². The van der Waals surface area contributed by atoms with Crippen LogP contribution in [0.2, 0.25) is 0 Å². The summed E-state index contributed by atoms with van der Waals surface area (Å²) in [4.78, 5) is 19.0. The van der Waals surface area contributed by atoms with Crippen molar-refractivity contribution in [3.05, 3.63) is 72.8 Å². The molecule has 2 N–H and O–H groups in total. The van der Waals surface area contributed by atoms with E-state index >= 15 is 0 Å². The molecule has 1 aromatic heterocycles. The number of hydrogen-bond acceptors (Lipinski definition) is 3. The van der Waals surface area contributed by atoms with Crippen LogP contribution in [0.1, 0.15) is 12.1 Å². The Morgan fingerprint density at radius 3 is 2.70 bits per heavy atom. The number of aromatic amines is 1. The van der Waals surface area contributed by atoms with Gasteiger partial charge in [0.2, 0.25) is 5.91 Å². The summed E-state index contributed by atoms with van der Waals surface area (Å²) in [5.41, 5.74) is 1.59. The maximum atomic E-state index is 12.0. The normalized spacial score (nSPS) is 10.3. The zero-order chi connectivity index (χ0) is 15.9. The zero-order valence-electron chi connectivity index (χ0n) is 12.5. The third-order valence-electron chi connectivity index (χ3n) is 3.26. The lowest BCUT2D eigenvalue weighted by Crippen LogP contribution is -2.12. The molecule has 0 radical (unpaired) electrons. The largest absolute Gasteiger partial charge is 0.457 e. The molecule has 5 heteroatoms. The summed E-state index contributed by atoms with van der Waals surface area (Å²) >= 11 is 0. The highest BCUT2D eigenvalue weighted by molar-refractivity contribution is 5.91. The number of anilines is 1. The standard InChI is InChI=1S/C18H17N3O2/c22-18(10-9-15-12-19-13-20-15)21-14-5-4-8-17(11-14)23-16-6-2-1-3-7-16/h1-8,11-13H,9-10H2,(H,19,20)(H,21,22). The molecule has 5 nitrogen and oxygen atoms in total. The first-order valence-corrected chi connectivity index (χ1v) is 7.40. The number of rotatable bonds is 6. The zero-order valence-corrected chi connectivity index (χ0v) is 12.5. The van der Waals surface area contributed by atoms with E-state index in [0.29, 0.717) is 24.3 Å². The van der Waals surface area contributed by atoms with Crippen molar-refractivity contribution in [1.82, 2.24) is 9.97 Å². The summed E-state index contributed by atoms with van der Waals surface area (Å²) in [7, 11) is 0. The van der Waals surface area contributed by atoms with Crippen LogP contribution in [0, 0.1) is 0 Å². The van der Waals surface area contributed by atoms with Crippen molar-refractivity contribution >= 4 is 11.6 Å². The minimum absolute atomic E-state index is 0.0511. The van der Waals surface area contributed by atoms with Gasteiger partial charge in [-0.1, -0.05) is 24.3 Å². The fraction of sp³-hybridized carbons (Fsp3) is 0.111. The van der Waals surface area contributed by atoms with Gasteiger partial charge in [0.15, 0.2) is 0 Å². The number of nitrogens with zero attached hydrogens (tertiary/aromatic N) is 1. The Labute approximate surface area is 134 Å². The number of para-hydroxylation sites is 1. The van der Waals surface area contributed by atoms with Crippen LogP contribution < -0.4 is 10.1 Å². The van der Waals surface area contributed by atoms with Gasteiger partial charge in [-0.05, 0) is 30.7 Å². The molecule has 0 unspecified atom stereocenters. The maximum absolute atomic E-state index is 12.0. The monoisotopic (exact) mass is 307 g/mol. The van der Waals surface area contributed by atoms with E-state index in [4.69, 9.17) is 4.74 Å². The van der Waals surface area contributed by atoms with Gasteiger partial charge < -0.3 is 15.0 Å². The van der Waals surface area contributed by atoms with Crippen molar-refractivity contribution in [3.8, 4) is 11.5 Å². The van der Waals surface area contributed by atoms with Gasteiger partial charge in [0.25, 0.3) is 0 Å². The molecule has 0 saturated carbocycles. The van der Waals surface area contributed by atoms with Gasteiger partial charge in [0.1, 0.15) is 11.5 Å². The number of H-pyrrole nitrogens is 1. The molecule has 23 heavy (non-hydrogen) atoms. The van der Waals surface area contributed by atoms with E-state index in [1.54, 1.807) is 18.6 Å². The molecule has 3 aromatic rings. The highest BCUT2D eigenvalue weighted by Gasteiger charge is 2.05. The second-order valence-corrected chi connectivity index (χ2v) is 5.05. The van der Waals surface area contributed by atoms with Crippen LogP contribution in [0.25, 0.3) is 0 Å². The average molecular weight is 307 g/mol. The quantitative estimate of drug-likeness (QED) is 0.728. The van der Waals surface area contributed by atoms with Crippen LogP contribution in [0.4, 0.5) is 5.69 Å². The van der Waals surface area contributed by atoms with Gasteiger partial charge in [-0.15, -0.1) is 0 Å². The highest BCUT2D eigenvalue weighted by Crippen LogP contribution is 2.23. The lowest BCUT2D eigenvalue weighted by atomic mass is 10.2. The summed E-state index contributed by atoms with van der Waals surface area (Å²) in [6, 6.07) is 16.9. The number of carbonyl (C=O) groups is 1. The molecule has 1 heterocycles. The van der Waals surface area contributed by atoms with Crippen molar-refractivity contribution in [2.24, 2.45) is 0 Å². The van der Waals surface area contributed by atoms with Crippen LogP contribution in [0.15, 0.2) is 67.1 Å². The van der Waals surface area contributed by atoms with Crippen LogP contribution >= 0.6 is 0 Å². The van der Waals surface area contributed by atoms with Gasteiger partial charge in [0, 0.05) is 24.4 Å². The van der Waals surface area contributed by atoms with Crippen LogP contribution in [0.3, 0.4) is 0 Å². The number of benzene rings is 2. The van der Waals surface area contributed by atoms with Gasteiger partial charge in [0.05, 0.1) is 12.0 Å². The number of imidazole rings is 1. The Hall–Kier alpha value is -3.08. The van der Waals surface area contributed by atoms with Gasteiger partial charge in [-0.2, -0.15) is 0 Å². The predicted octanol–water partition coefficient (Wildman–Crippen LogP) is 3.77. The fourth-order valence-corrected chi connectivity index (χ4v) is 2.15. The minimum atomic E-state index is -0.0511. The number of nitrogens with one attached hydrogen (secondary N) is 2. The van der Waals surface area contributed by atoms with Gasteiger partial charge in [-0.3, -0.25) is 4.79 Å². The second kappa shape index (κ2) is 7.26. The van der Waals surface area contributed by atoms with Crippen molar-refractivity contribution in [2.75, 3.05) is 5.32 Å². The molecule has 0 spiro atoms. The van der Waals surface area contributed by atoms with Crippen LogP contribution in [0.5, 0.6) is 11.5 Å². The summed E-state index contributed by atoms with van der Waals surface area (Å²) in [5.74, 6) is 1.39. The topological polar surface area (TPSA) is 67.0 Å². The molecule has 0 saturated heterocycles. The van der Waals surface area contributed by atoms with Crippen molar-refractivity contribution in [3.63, 3.8) is 0 Å². The number of ether oxygens (including phenoxy) is 1. The first-order valence-electron chi connectivity index (χ1n) is 7.40. The third-order valence-corrected chi connectivity index (χ3v) is 3.26. The molecular formula is C18H17N3O2. The van der Waals surface area contributed by atoms with Gasteiger partial charge >= 0.3 is 0 Å². The number of amides is 1. The predicted molar refractivity (Wildman–Crippen MR) is 88.5 cm³/mol. The van der Waals surface area contributed by atoms with E-state index in [9.17, 15) is 4.79 Å². The molecule has 1 amide bonds. The number of hydrogen-bond donors (Lipinski definition) is 2. The number of aryl methyl sites for hydroxylation is 1. The van der Waals surface area contributed by atoms with E-state index in [1.807, 2.05) is 48.5 Å². The Morgan fingerprint density at radius 2 is 1.91 bits per heavy atom. The second-order valence-electron chi connectivity index (χ2n) is 5.05. The molecular weight excluding hydrogens is 290 g/mol. The van der Waals surface area contributed by atoms with E-state index in [0.717, 1.165) is 11.4 Å². The van der Waals surface area contributed by atoms with E-state index in [-0.39, 0.29) is 5.91 Å². The molecule has 0 fully saturated rings. The van der Waals surface area contributed by atoms with E-state index in [1.165, 1.54) is 0 Å². The first kappa shape index (κ1) is 14.8. The minimum Gasteiger partial charge on any atom is -0.457 e. The third kappa shape index (κ3) is 4.44. The Bertz CT molecular complexity index is 755. The van der Waals surface area contributed by atoms with Crippen molar-refractivity contribution < 1.29 is 9.53 Å². The molecule has 0 aliphatic heterocycles. The lowest BCUT2D eigenvalue weighted by Gasteiger charge is -2.08. The summed E-state index contributed by atoms with van der Waals surface area (Å²) in [6.45, 7) is 0. The molecule has 0 bridgehead atoms.